The number of hydrogen-bond donors (Lipinski definition) is 1. The van der Waals surface area contributed by atoms with E-state index in [2.05, 4.69) is 5.32 Å². The van der Waals surface area contributed by atoms with Crippen molar-refractivity contribution in [1.29, 1.82) is 0 Å². The first-order valence-corrected chi connectivity index (χ1v) is 9.74. The molecule has 0 aliphatic heterocycles. The minimum Gasteiger partial charge on any atom is -0.484 e. The third-order valence-electron chi connectivity index (χ3n) is 4.02. The van der Waals surface area contributed by atoms with E-state index in [4.69, 9.17) is 27.9 Å². The highest BCUT2D eigenvalue weighted by molar-refractivity contribution is 6.30. The quantitative estimate of drug-likeness (QED) is 0.688. The van der Waals surface area contributed by atoms with Crippen LogP contribution in [0.1, 0.15) is 26.3 Å². The smallest absolute Gasteiger partial charge is 0.261 e. The Bertz CT molecular complexity index is 810. The SMILES string of the molecule is CC(C)NC(=O)C(C)N(Cc1cccc(Cl)c1)C(=O)COc1ccc(Cl)cc1. The van der Waals surface area contributed by atoms with Gasteiger partial charge in [-0.25, -0.2) is 0 Å². The van der Waals surface area contributed by atoms with Crippen LogP contribution < -0.4 is 10.1 Å². The zero-order chi connectivity index (χ0) is 20.7. The zero-order valence-corrected chi connectivity index (χ0v) is 17.6. The van der Waals surface area contributed by atoms with Gasteiger partial charge in [0, 0.05) is 22.6 Å². The first kappa shape index (κ1) is 22.1. The van der Waals surface area contributed by atoms with Gasteiger partial charge in [0.2, 0.25) is 5.91 Å². The van der Waals surface area contributed by atoms with Gasteiger partial charge in [0.05, 0.1) is 0 Å². The maximum absolute atomic E-state index is 12.9. The van der Waals surface area contributed by atoms with Crippen molar-refractivity contribution in [3.63, 3.8) is 0 Å². The molecule has 28 heavy (non-hydrogen) atoms. The molecule has 7 heteroatoms. The molecule has 0 heterocycles. The van der Waals surface area contributed by atoms with E-state index in [-0.39, 0.29) is 31.0 Å². The second-order valence-corrected chi connectivity index (χ2v) is 7.61. The number of rotatable bonds is 8. The van der Waals surface area contributed by atoms with E-state index in [1.165, 1.54) is 4.90 Å². The van der Waals surface area contributed by atoms with Crippen LogP contribution in [0, 0.1) is 0 Å². The third-order valence-corrected chi connectivity index (χ3v) is 4.50. The molecule has 2 aromatic rings. The van der Waals surface area contributed by atoms with Crippen molar-refractivity contribution in [2.45, 2.75) is 39.4 Å². The molecule has 2 rings (SSSR count). The number of benzene rings is 2. The number of amides is 2. The van der Waals surface area contributed by atoms with Crippen LogP contribution >= 0.6 is 23.2 Å². The van der Waals surface area contributed by atoms with E-state index < -0.39 is 6.04 Å². The molecule has 1 unspecified atom stereocenters. The average molecular weight is 423 g/mol. The Hall–Kier alpha value is -2.24. The maximum Gasteiger partial charge on any atom is 0.261 e. The van der Waals surface area contributed by atoms with Crippen molar-refractivity contribution in [2.24, 2.45) is 0 Å². The third kappa shape index (κ3) is 6.73. The number of ether oxygens (including phenoxy) is 1. The molecule has 1 atom stereocenters. The van der Waals surface area contributed by atoms with Crippen LogP contribution in [-0.4, -0.2) is 35.4 Å². The van der Waals surface area contributed by atoms with Crippen LogP contribution in [0.4, 0.5) is 0 Å². The van der Waals surface area contributed by atoms with E-state index in [1.54, 1.807) is 43.3 Å². The van der Waals surface area contributed by atoms with Crippen molar-refractivity contribution in [3.05, 3.63) is 64.1 Å². The summed E-state index contributed by atoms with van der Waals surface area (Å²) in [6.07, 6.45) is 0. The fourth-order valence-electron chi connectivity index (χ4n) is 2.58. The lowest BCUT2D eigenvalue weighted by Gasteiger charge is -2.29. The molecule has 5 nitrogen and oxygen atoms in total. The molecule has 0 aliphatic rings. The van der Waals surface area contributed by atoms with E-state index in [9.17, 15) is 9.59 Å². The highest BCUT2D eigenvalue weighted by Crippen LogP contribution is 2.17. The standard InChI is InChI=1S/C21H24Cl2N2O3/c1-14(2)24-21(27)15(3)25(12-16-5-4-6-18(23)11-16)20(26)13-28-19-9-7-17(22)8-10-19/h4-11,14-15H,12-13H2,1-3H3,(H,24,27). The second-order valence-electron chi connectivity index (χ2n) is 6.73. The molecule has 0 saturated carbocycles. The lowest BCUT2D eigenvalue weighted by atomic mass is 10.1. The van der Waals surface area contributed by atoms with Crippen molar-refractivity contribution in [2.75, 3.05) is 6.61 Å². The summed E-state index contributed by atoms with van der Waals surface area (Å²) < 4.78 is 5.57. The maximum atomic E-state index is 12.9. The fourth-order valence-corrected chi connectivity index (χ4v) is 2.92. The Kier molecular flexibility index (Phi) is 8.15. The molecular formula is C21H24Cl2N2O3. The second kappa shape index (κ2) is 10.3. The number of hydrogen-bond acceptors (Lipinski definition) is 3. The lowest BCUT2D eigenvalue weighted by molar-refractivity contribution is -0.142. The summed E-state index contributed by atoms with van der Waals surface area (Å²) in [6.45, 7) is 5.49. The normalized spacial score (nSPS) is 11.8. The predicted octanol–water partition coefficient (Wildman–Crippen LogP) is 4.31. The molecule has 0 aromatic heterocycles. The molecule has 2 aromatic carbocycles. The summed E-state index contributed by atoms with van der Waals surface area (Å²) in [5.41, 5.74) is 0.830. The van der Waals surface area contributed by atoms with Gasteiger partial charge >= 0.3 is 0 Å². The molecule has 0 fully saturated rings. The molecule has 0 radical (unpaired) electrons. The van der Waals surface area contributed by atoms with Crippen LogP contribution in [0.25, 0.3) is 0 Å². The van der Waals surface area contributed by atoms with Gasteiger partial charge in [-0.1, -0.05) is 35.3 Å². The van der Waals surface area contributed by atoms with Gasteiger partial charge in [-0.2, -0.15) is 0 Å². The number of carbonyl (C=O) groups is 2. The predicted molar refractivity (Wildman–Crippen MR) is 112 cm³/mol. The monoisotopic (exact) mass is 422 g/mol. The number of halogens is 2. The molecule has 150 valence electrons. The highest BCUT2D eigenvalue weighted by atomic mass is 35.5. The Labute approximate surface area is 175 Å². The van der Waals surface area contributed by atoms with Crippen molar-refractivity contribution >= 4 is 35.0 Å². The summed E-state index contributed by atoms with van der Waals surface area (Å²) in [4.78, 5) is 26.8. The van der Waals surface area contributed by atoms with E-state index in [0.29, 0.717) is 15.8 Å². The van der Waals surface area contributed by atoms with Gasteiger partial charge in [0.25, 0.3) is 5.91 Å². The van der Waals surface area contributed by atoms with Crippen molar-refractivity contribution < 1.29 is 14.3 Å². The van der Waals surface area contributed by atoms with Crippen LogP contribution in [-0.2, 0) is 16.1 Å². The van der Waals surface area contributed by atoms with Crippen molar-refractivity contribution in [3.8, 4) is 5.75 Å². The van der Waals surface area contributed by atoms with Gasteiger partial charge in [0.1, 0.15) is 11.8 Å². The fraction of sp³-hybridized carbons (Fsp3) is 0.333. The summed E-state index contributed by atoms with van der Waals surface area (Å²) in [7, 11) is 0. The van der Waals surface area contributed by atoms with Gasteiger partial charge in [0.15, 0.2) is 6.61 Å². The van der Waals surface area contributed by atoms with Gasteiger partial charge in [-0.15, -0.1) is 0 Å². The molecule has 2 amide bonds. The average Bonchev–Trinajstić information content (AvgIpc) is 2.64. The molecule has 0 spiro atoms. The summed E-state index contributed by atoms with van der Waals surface area (Å²) >= 11 is 11.9. The topological polar surface area (TPSA) is 58.6 Å². The summed E-state index contributed by atoms with van der Waals surface area (Å²) in [5, 5.41) is 4.00. The van der Waals surface area contributed by atoms with Crippen LogP contribution in [0.2, 0.25) is 10.0 Å². The van der Waals surface area contributed by atoms with Crippen molar-refractivity contribution in [1.82, 2.24) is 10.2 Å². The van der Waals surface area contributed by atoms with Crippen LogP contribution in [0.15, 0.2) is 48.5 Å². The van der Waals surface area contributed by atoms with E-state index in [1.807, 2.05) is 26.0 Å². The summed E-state index contributed by atoms with van der Waals surface area (Å²) in [5.74, 6) is -0.00190. The molecular weight excluding hydrogens is 399 g/mol. The minimum atomic E-state index is -0.664. The number of nitrogens with zero attached hydrogens (tertiary/aromatic N) is 1. The Morgan fingerprint density at radius 2 is 1.71 bits per heavy atom. The molecule has 0 aliphatic carbocycles. The largest absolute Gasteiger partial charge is 0.484 e. The van der Waals surface area contributed by atoms with E-state index >= 15 is 0 Å². The summed E-state index contributed by atoms with van der Waals surface area (Å²) in [6, 6.07) is 13.3. The van der Waals surface area contributed by atoms with Gasteiger partial charge in [-0.3, -0.25) is 9.59 Å². The highest BCUT2D eigenvalue weighted by Gasteiger charge is 2.26. The number of carbonyl (C=O) groups excluding carboxylic acids is 2. The Balaban J connectivity index is 2.14. The molecule has 1 N–H and O–H groups in total. The van der Waals surface area contributed by atoms with Crippen LogP contribution in [0.5, 0.6) is 5.75 Å². The minimum absolute atomic E-state index is 0.0246. The first-order chi connectivity index (χ1) is 13.3. The van der Waals surface area contributed by atoms with E-state index in [0.717, 1.165) is 5.56 Å². The zero-order valence-electron chi connectivity index (χ0n) is 16.1. The lowest BCUT2D eigenvalue weighted by Crippen LogP contribution is -2.50. The Morgan fingerprint density at radius 3 is 2.32 bits per heavy atom. The molecule has 0 saturated heterocycles. The molecule has 0 bridgehead atoms. The first-order valence-electron chi connectivity index (χ1n) is 8.99. The van der Waals surface area contributed by atoms with Gasteiger partial charge in [-0.05, 0) is 62.7 Å². The van der Waals surface area contributed by atoms with Crippen LogP contribution in [0.3, 0.4) is 0 Å². The Morgan fingerprint density at radius 1 is 1.04 bits per heavy atom. The number of nitrogens with one attached hydrogen (secondary N) is 1. The van der Waals surface area contributed by atoms with Gasteiger partial charge < -0.3 is 15.0 Å².